The predicted octanol–water partition coefficient (Wildman–Crippen LogP) is 2.87. The molecule has 3 atom stereocenters. The summed E-state index contributed by atoms with van der Waals surface area (Å²) < 4.78 is 51.7. The Labute approximate surface area is 167 Å². The van der Waals surface area contributed by atoms with E-state index in [4.69, 9.17) is 9.47 Å². The molecule has 0 spiro atoms. The van der Waals surface area contributed by atoms with Crippen molar-refractivity contribution in [1.82, 2.24) is 10.6 Å². The number of carbonyl (C=O) groups is 2. The Morgan fingerprint density at radius 2 is 1.90 bits per heavy atom. The van der Waals surface area contributed by atoms with Gasteiger partial charge in [-0.05, 0) is 29.1 Å². The van der Waals surface area contributed by atoms with Crippen LogP contribution in [0, 0.1) is 5.92 Å². The molecule has 1 aliphatic heterocycles. The van der Waals surface area contributed by atoms with E-state index in [9.17, 15) is 27.9 Å². The standard InChI is InChI=1S/C18H17F3N2O5S/c1-27-10-6-5-9(8-11(10)28-2)14-13(15(24)12-4-3-7-29-12)17(26,18(19,20)21)23-16(25)22-14/h3-8,13-14,26H,1-2H3,(H2,22,23,25)/t13-,14-,17+/m1/s1. The van der Waals surface area contributed by atoms with Crippen molar-refractivity contribution in [2.75, 3.05) is 14.2 Å². The number of ether oxygens (including phenoxy) is 2. The average Bonchev–Trinajstić information content (AvgIpc) is 3.20. The Kier molecular flexibility index (Phi) is 5.46. The molecule has 156 valence electrons. The number of urea groups is 1. The van der Waals surface area contributed by atoms with Crippen LogP contribution < -0.4 is 20.1 Å². The quantitative estimate of drug-likeness (QED) is 0.634. The van der Waals surface area contributed by atoms with Crippen molar-refractivity contribution in [3.8, 4) is 11.5 Å². The molecule has 0 radical (unpaired) electrons. The van der Waals surface area contributed by atoms with Crippen molar-refractivity contribution in [3.05, 3.63) is 46.2 Å². The minimum Gasteiger partial charge on any atom is -0.493 e. The lowest BCUT2D eigenvalue weighted by Crippen LogP contribution is -2.72. The van der Waals surface area contributed by atoms with Crippen molar-refractivity contribution in [1.29, 1.82) is 0 Å². The smallest absolute Gasteiger partial charge is 0.437 e. The van der Waals surface area contributed by atoms with Crippen molar-refractivity contribution < 1.29 is 37.3 Å². The van der Waals surface area contributed by atoms with E-state index in [1.807, 2.05) is 0 Å². The molecule has 3 N–H and O–H groups in total. The summed E-state index contributed by atoms with van der Waals surface area (Å²) in [5, 5.41) is 15.8. The average molecular weight is 430 g/mol. The van der Waals surface area contributed by atoms with Gasteiger partial charge in [0.25, 0.3) is 0 Å². The normalized spacial score (nSPS) is 24.4. The van der Waals surface area contributed by atoms with Crippen LogP contribution in [0.3, 0.4) is 0 Å². The van der Waals surface area contributed by atoms with E-state index in [2.05, 4.69) is 5.32 Å². The number of thiophene rings is 1. The predicted molar refractivity (Wildman–Crippen MR) is 97.1 cm³/mol. The summed E-state index contributed by atoms with van der Waals surface area (Å²) in [5.41, 5.74) is -3.64. The van der Waals surface area contributed by atoms with E-state index in [0.29, 0.717) is 5.75 Å². The maximum absolute atomic E-state index is 13.8. The Morgan fingerprint density at radius 3 is 2.45 bits per heavy atom. The van der Waals surface area contributed by atoms with Gasteiger partial charge in [-0.3, -0.25) is 4.79 Å². The number of halogens is 3. The minimum absolute atomic E-state index is 0.0149. The first-order chi connectivity index (χ1) is 13.6. The third kappa shape index (κ3) is 3.62. The molecule has 7 nitrogen and oxygen atoms in total. The van der Waals surface area contributed by atoms with E-state index in [-0.39, 0.29) is 16.2 Å². The van der Waals surface area contributed by atoms with Crippen LogP contribution in [0.5, 0.6) is 11.5 Å². The number of ketones is 1. The number of hydrogen-bond donors (Lipinski definition) is 3. The Balaban J connectivity index is 2.17. The lowest BCUT2D eigenvalue weighted by Gasteiger charge is -2.44. The van der Waals surface area contributed by atoms with E-state index >= 15 is 0 Å². The molecule has 29 heavy (non-hydrogen) atoms. The molecule has 2 aromatic rings. The van der Waals surface area contributed by atoms with Crippen molar-refractivity contribution in [3.63, 3.8) is 0 Å². The summed E-state index contributed by atoms with van der Waals surface area (Å²) in [6.07, 6.45) is -5.31. The molecule has 1 saturated heterocycles. The van der Waals surface area contributed by atoms with E-state index in [0.717, 1.165) is 11.3 Å². The molecule has 1 aromatic heterocycles. The molecule has 1 aromatic carbocycles. The van der Waals surface area contributed by atoms with Gasteiger partial charge in [0.05, 0.1) is 25.1 Å². The van der Waals surface area contributed by atoms with Gasteiger partial charge in [0, 0.05) is 0 Å². The van der Waals surface area contributed by atoms with Crippen LogP contribution in [0.1, 0.15) is 21.3 Å². The number of methoxy groups -OCH3 is 2. The maximum Gasteiger partial charge on any atom is 0.437 e. The molecule has 0 aliphatic carbocycles. The topological polar surface area (TPSA) is 96.9 Å². The van der Waals surface area contributed by atoms with Crippen LogP contribution in [-0.2, 0) is 0 Å². The first kappa shape index (κ1) is 20.9. The van der Waals surface area contributed by atoms with Gasteiger partial charge in [0.15, 0.2) is 17.3 Å². The van der Waals surface area contributed by atoms with Crippen LogP contribution in [0.2, 0.25) is 0 Å². The third-order valence-electron chi connectivity index (χ3n) is 4.62. The number of Topliss-reactive ketones (excluding diaryl/α,β-unsaturated/α-hetero) is 1. The van der Waals surface area contributed by atoms with Crippen LogP contribution in [0.4, 0.5) is 18.0 Å². The molecule has 0 unspecified atom stereocenters. The maximum atomic E-state index is 13.8. The van der Waals surface area contributed by atoms with Gasteiger partial charge in [-0.1, -0.05) is 12.1 Å². The number of aliphatic hydroxyl groups is 1. The van der Waals surface area contributed by atoms with Crippen LogP contribution >= 0.6 is 11.3 Å². The summed E-state index contributed by atoms with van der Waals surface area (Å²) in [5.74, 6) is -2.55. The van der Waals surface area contributed by atoms with Gasteiger partial charge in [0.2, 0.25) is 5.72 Å². The highest BCUT2D eigenvalue weighted by molar-refractivity contribution is 7.12. The summed E-state index contributed by atoms with van der Waals surface area (Å²) in [6, 6.07) is 4.28. The molecule has 3 rings (SSSR count). The summed E-state index contributed by atoms with van der Waals surface area (Å²) >= 11 is 0.935. The Hall–Kier alpha value is -2.79. The fourth-order valence-electron chi connectivity index (χ4n) is 3.24. The van der Waals surface area contributed by atoms with Gasteiger partial charge in [-0.2, -0.15) is 13.2 Å². The van der Waals surface area contributed by atoms with E-state index < -0.39 is 35.7 Å². The number of nitrogens with one attached hydrogen (secondary N) is 2. The van der Waals surface area contributed by atoms with E-state index in [1.54, 1.807) is 0 Å². The molecule has 1 fully saturated rings. The summed E-state index contributed by atoms with van der Waals surface area (Å²) in [4.78, 5) is 25.0. The number of carbonyl (C=O) groups excluding carboxylic acids is 2. The van der Waals surface area contributed by atoms with E-state index in [1.165, 1.54) is 55.2 Å². The number of hydrogen-bond acceptors (Lipinski definition) is 6. The van der Waals surface area contributed by atoms with Crippen molar-refractivity contribution >= 4 is 23.2 Å². The molecule has 2 amide bonds. The molecule has 0 bridgehead atoms. The second kappa shape index (κ2) is 7.56. The highest BCUT2D eigenvalue weighted by Gasteiger charge is 2.66. The zero-order valence-corrected chi connectivity index (χ0v) is 16.1. The highest BCUT2D eigenvalue weighted by Crippen LogP contribution is 2.45. The zero-order valence-electron chi connectivity index (χ0n) is 15.2. The number of benzene rings is 1. The lowest BCUT2D eigenvalue weighted by atomic mass is 9.78. The molecular formula is C18H17F3N2O5S. The minimum atomic E-state index is -5.31. The Morgan fingerprint density at radius 1 is 1.21 bits per heavy atom. The number of rotatable bonds is 5. The first-order valence-corrected chi connectivity index (χ1v) is 9.17. The molecular weight excluding hydrogens is 413 g/mol. The van der Waals surface area contributed by atoms with Gasteiger partial charge in [-0.15, -0.1) is 11.3 Å². The van der Waals surface area contributed by atoms with Crippen molar-refractivity contribution in [2.24, 2.45) is 5.92 Å². The number of amides is 2. The molecule has 1 aliphatic rings. The van der Waals surface area contributed by atoms with Crippen LogP contribution in [-0.4, -0.2) is 43.0 Å². The molecule has 2 heterocycles. The summed E-state index contributed by atoms with van der Waals surface area (Å²) in [6.45, 7) is 0. The SMILES string of the molecule is COc1ccc([C@H]2NC(=O)N[C@@](O)(C(F)(F)F)[C@H]2C(=O)c2cccs2)cc1OC. The van der Waals surface area contributed by atoms with Crippen LogP contribution in [0.25, 0.3) is 0 Å². The number of alkyl halides is 3. The third-order valence-corrected chi connectivity index (χ3v) is 5.50. The van der Waals surface area contributed by atoms with Crippen LogP contribution in [0.15, 0.2) is 35.7 Å². The fourth-order valence-corrected chi connectivity index (χ4v) is 3.94. The molecule has 11 heteroatoms. The lowest BCUT2D eigenvalue weighted by molar-refractivity contribution is -0.287. The summed E-state index contributed by atoms with van der Waals surface area (Å²) in [7, 11) is 2.72. The Bertz CT molecular complexity index is 919. The monoisotopic (exact) mass is 430 g/mol. The van der Waals surface area contributed by atoms with Gasteiger partial charge < -0.3 is 25.2 Å². The second-order valence-corrected chi connectivity index (χ2v) is 7.22. The van der Waals surface area contributed by atoms with Gasteiger partial charge in [-0.25, -0.2) is 4.79 Å². The fraction of sp³-hybridized carbons (Fsp3) is 0.333. The zero-order chi connectivity index (χ0) is 21.4. The van der Waals surface area contributed by atoms with Gasteiger partial charge >= 0.3 is 12.2 Å². The first-order valence-electron chi connectivity index (χ1n) is 8.29. The van der Waals surface area contributed by atoms with Crippen molar-refractivity contribution in [2.45, 2.75) is 17.9 Å². The second-order valence-electron chi connectivity index (χ2n) is 6.27. The van der Waals surface area contributed by atoms with Gasteiger partial charge in [0.1, 0.15) is 5.92 Å². The highest BCUT2D eigenvalue weighted by atomic mass is 32.1. The largest absolute Gasteiger partial charge is 0.493 e. The molecule has 0 saturated carbocycles.